The number of hydrogen-bond acceptors (Lipinski definition) is 4. The molecule has 0 aromatic heterocycles. The van der Waals surface area contributed by atoms with Crippen LogP contribution in [-0.4, -0.2) is 25.5 Å². The Balaban J connectivity index is -0.00000162. The molecule has 0 aliphatic heterocycles. The number of carbonyl (C=O) groups is 2. The fraction of sp³-hybridized carbons (Fsp3) is 0.867. The molecule has 5 heteroatoms. The predicted molar refractivity (Wildman–Crippen MR) is 78.0 cm³/mol. The molecule has 114 valence electrons. The molecule has 20 heavy (non-hydrogen) atoms. The normalized spacial score (nSPS) is 9.90. The molecular weight excluding hydrogens is 265 g/mol. The Kier molecular flexibility index (Phi) is 19.2. The fourth-order valence-electron chi connectivity index (χ4n) is 1.94. The Bertz CT molecular complexity index is 253. The topological polar surface area (TPSA) is 55.4 Å². The third kappa shape index (κ3) is 16.2. The molecule has 0 unspecified atom stereocenters. The average Bonchev–Trinajstić information content (AvgIpc) is 2.37. The molecule has 0 aromatic carbocycles. The third-order valence-corrected chi connectivity index (χ3v) is 3.03. The first-order valence-electron chi connectivity index (χ1n) is 7.58. The third-order valence-electron chi connectivity index (χ3n) is 3.03. The molecule has 0 saturated carbocycles. The zero-order chi connectivity index (χ0) is 14.3. The Morgan fingerprint density at radius 1 is 0.900 bits per heavy atom. The number of unbranched alkanes of at least 4 members (excludes halogenated alkanes) is 8. The van der Waals surface area contributed by atoms with Crippen molar-refractivity contribution in [2.45, 2.75) is 71.1 Å². The minimum atomic E-state index is -0.497. The van der Waals surface area contributed by atoms with Gasteiger partial charge in [0.2, 0.25) is 0 Å². The van der Waals surface area contributed by atoms with Gasteiger partial charge in [0.1, 0.15) is 0 Å². The molecule has 0 fully saturated rings. The van der Waals surface area contributed by atoms with E-state index in [-0.39, 0.29) is 37.5 Å². The summed E-state index contributed by atoms with van der Waals surface area (Å²) in [5.74, 6) is -0.897. The maximum absolute atomic E-state index is 11.3. The molecule has 0 aliphatic rings. The van der Waals surface area contributed by atoms with Crippen LogP contribution in [-0.2, 0) is 14.3 Å². The number of hydrogen-bond donors (Lipinski definition) is 1. The van der Waals surface area contributed by atoms with E-state index in [2.05, 4.69) is 17.0 Å². The van der Waals surface area contributed by atoms with Gasteiger partial charge >= 0.3 is 41.5 Å². The molecule has 4 nitrogen and oxygen atoms in total. The van der Waals surface area contributed by atoms with Crippen LogP contribution < -0.4 is 34.9 Å². The quantitative estimate of drug-likeness (QED) is 0.244. The first kappa shape index (κ1) is 22.4. The molecule has 0 saturated heterocycles. The number of esters is 2. The largest absolute Gasteiger partial charge is 1.00 e. The molecular formula is C15H30NNaO3. The second kappa shape index (κ2) is 17.2. The van der Waals surface area contributed by atoms with Crippen molar-refractivity contribution in [3.8, 4) is 0 Å². The number of nitrogens with one attached hydrogen (secondary N) is 1. The summed E-state index contributed by atoms with van der Waals surface area (Å²) in [4.78, 5) is 22.3. The standard InChI is InChI=1S/C15H29NO3.Na.H/c1-3-4-5-6-7-8-9-10-11-12-14(17)19-15(18)13-16-2;;/h16H,3-13H2,1-2H3;;/q;+1;-1. The maximum Gasteiger partial charge on any atom is 1.00 e. The van der Waals surface area contributed by atoms with E-state index in [9.17, 15) is 9.59 Å². The van der Waals surface area contributed by atoms with Gasteiger partial charge in [-0.15, -0.1) is 0 Å². The van der Waals surface area contributed by atoms with Crippen molar-refractivity contribution in [3.63, 3.8) is 0 Å². The fourth-order valence-corrected chi connectivity index (χ4v) is 1.94. The summed E-state index contributed by atoms with van der Waals surface area (Å²) in [6, 6.07) is 0. The summed E-state index contributed by atoms with van der Waals surface area (Å²) in [6.07, 6.45) is 11.2. The molecule has 0 amide bonds. The Morgan fingerprint density at radius 2 is 1.40 bits per heavy atom. The van der Waals surface area contributed by atoms with Crippen molar-refractivity contribution < 1.29 is 45.3 Å². The van der Waals surface area contributed by atoms with Gasteiger partial charge < -0.3 is 11.5 Å². The Labute approximate surface area is 147 Å². The van der Waals surface area contributed by atoms with Crippen LogP contribution in [0.1, 0.15) is 72.6 Å². The van der Waals surface area contributed by atoms with Crippen LogP contribution in [0.2, 0.25) is 0 Å². The minimum absolute atomic E-state index is 0. The van der Waals surface area contributed by atoms with Gasteiger partial charge in [-0.2, -0.15) is 0 Å². The van der Waals surface area contributed by atoms with E-state index in [4.69, 9.17) is 0 Å². The van der Waals surface area contributed by atoms with Crippen molar-refractivity contribution in [3.05, 3.63) is 0 Å². The molecule has 0 aromatic rings. The van der Waals surface area contributed by atoms with Crippen molar-refractivity contribution in [2.24, 2.45) is 0 Å². The molecule has 0 radical (unpaired) electrons. The summed E-state index contributed by atoms with van der Waals surface area (Å²) in [5.41, 5.74) is 0. The van der Waals surface area contributed by atoms with E-state index in [1.807, 2.05) is 0 Å². The van der Waals surface area contributed by atoms with E-state index < -0.39 is 11.9 Å². The summed E-state index contributed by atoms with van der Waals surface area (Å²) in [7, 11) is 1.65. The van der Waals surface area contributed by atoms with Gasteiger partial charge in [0.05, 0.1) is 6.54 Å². The van der Waals surface area contributed by atoms with Gasteiger partial charge in [-0.25, -0.2) is 0 Å². The van der Waals surface area contributed by atoms with E-state index in [0.29, 0.717) is 6.42 Å². The predicted octanol–water partition coefficient (Wildman–Crippen LogP) is 0.313. The van der Waals surface area contributed by atoms with Crippen LogP contribution in [0.5, 0.6) is 0 Å². The summed E-state index contributed by atoms with van der Waals surface area (Å²) >= 11 is 0. The first-order chi connectivity index (χ1) is 9.20. The maximum atomic E-state index is 11.3. The van der Waals surface area contributed by atoms with Gasteiger partial charge in [0, 0.05) is 6.42 Å². The van der Waals surface area contributed by atoms with Crippen LogP contribution in [0.25, 0.3) is 0 Å². The molecule has 0 spiro atoms. The van der Waals surface area contributed by atoms with Crippen LogP contribution >= 0.6 is 0 Å². The number of likely N-dealkylation sites (N-methyl/N-ethyl adjacent to an activating group) is 1. The first-order valence-corrected chi connectivity index (χ1v) is 7.58. The van der Waals surface area contributed by atoms with Gasteiger partial charge in [0.15, 0.2) is 0 Å². The molecule has 0 heterocycles. The van der Waals surface area contributed by atoms with Gasteiger partial charge in [0.25, 0.3) is 0 Å². The van der Waals surface area contributed by atoms with Gasteiger partial charge in [-0.3, -0.25) is 9.59 Å². The van der Waals surface area contributed by atoms with Crippen molar-refractivity contribution >= 4 is 11.9 Å². The summed E-state index contributed by atoms with van der Waals surface area (Å²) in [6.45, 7) is 2.31. The zero-order valence-electron chi connectivity index (χ0n) is 14.5. The summed E-state index contributed by atoms with van der Waals surface area (Å²) < 4.78 is 4.62. The monoisotopic (exact) mass is 295 g/mol. The minimum Gasteiger partial charge on any atom is -1.00 e. The van der Waals surface area contributed by atoms with Crippen LogP contribution in [0.4, 0.5) is 0 Å². The van der Waals surface area contributed by atoms with E-state index in [1.54, 1.807) is 7.05 Å². The smallest absolute Gasteiger partial charge is 1.00 e. The SMILES string of the molecule is CCCCCCCCCCCC(=O)OC(=O)CNC.[H-].[Na+]. The number of ether oxygens (including phenoxy) is 1. The van der Waals surface area contributed by atoms with Crippen molar-refractivity contribution in [1.82, 2.24) is 5.32 Å². The Hall–Kier alpha value is 0.1000. The van der Waals surface area contributed by atoms with Crippen molar-refractivity contribution in [1.29, 1.82) is 0 Å². The van der Waals surface area contributed by atoms with Crippen LogP contribution in [0.15, 0.2) is 0 Å². The van der Waals surface area contributed by atoms with E-state index in [0.717, 1.165) is 12.8 Å². The molecule has 0 rings (SSSR count). The van der Waals surface area contributed by atoms with Crippen molar-refractivity contribution in [2.75, 3.05) is 13.6 Å². The van der Waals surface area contributed by atoms with Crippen LogP contribution in [0.3, 0.4) is 0 Å². The Morgan fingerprint density at radius 3 is 1.90 bits per heavy atom. The number of rotatable bonds is 12. The van der Waals surface area contributed by atoms with E-state index in [1.165, 1.54) is 44.9 Å². The molecule has 0 aliphatic carbocycles. The second-order valence-electron chi connectivity index (χ2n) is 4.95. The molecule has 1 N–H and O–H groups in total. The summed E-state index contributed by atoms with van der Waals surface area (Å²) in [5, 5.41) is 2.65. The van der Waals surface area contributed by atoms with Gasteiger partial charge in [-0.05, 0) is 13.5 Å². The molecule has 0 bridgehead atoms. The number of carbonyl (C=O) groups excluding carboxylic acids is 2. The van der Waals surface area contributed by atoms with E-state index >= 15 is 0 Å². The average molecular weight is 295 g/mol. The van der Waals surface area contributed by atoms with Crippen LogP contribution in [0, 0.1) is 0 Å². The van der Waals surface area contributed by atoms with Gasteiger partial charge in [-0.1, -0.05) is 58.3 Å². The molecule has 0 atom stereocenters. The second-order valence-corrected chi connectivity index (χ2v) is 4.95. The zero-order valence-corrected chi connectivity index (χ0v) is 15.5.